The van der Waals surface area contributed by atoms with E-state index in [1.807, 2.05) is 29.9 Å². The minimum absolute atomic E-state index is 0.196. The van der Waals surface area contributed by atoms with Crippen LogP contribution in [0.15, 0.2) is 42.0 Å². The number of imidazole rings is 1. The third-order valence-electron chi connectivity index (χ3n) is 3.43. The zero-order valence-corrected chi connectivity index (χ0v) is 12.8. The predicted octanol–water partition coefficient (Wildman–Crippen LogP) is 3.19. The molecule has 0 aliphatic rings. The van der Waals surface area contributed by atoms with Crippen molar-refractivity contribution in [3.63, 3.8) is 0 Å². The van der Waals surface area contributed by atoms with Gasteiger partial charge >= 0.3 is 5.00 Å². The van der Waals surface area contributed by atoms with Crippen LogP contribution in [0, 0.1) is 10.1 Å². The molecular formula is C15H16N4O2S. The molecule has 114 valence electrons. The Morgan fingerprint density at radius 2 is 2.23 bits per heavy atom. The van der Waals surface area contributed by atoms with Crippen molar-refractivity contribution in [2.24, 2.45) is 0 Å². The van der Waals surface area contributed by atoms with Gasteiger partial charge in [-0.1, -0.05) is 23.5 Å². The standard InChI is InChI=1S/C15H16N4O2S/c20-19(21)15-8-12(10-22-15)9-16-6-3-7-18-11-17-13-4-1-2-5-14(13)18/h1-2,4-5,8,10-11,16H,3,6-7,9H2. The van der Waals surface area contributed by atoms with Crippen molar-refractivity contribution < 1.29 is 4.92 Å². The number of nitrogens with one attached hydrogen (secondary N) is 1. The number of hydrogen-bond acceptors (Lipinski definition) is 5. The van der Waals surface area contributed by atoms with E-state index in [2.05, 4.69) is 20.9 Å². The molecule has 0 aliphatic carbocycles. The number of benzene rings is 1. The number of fused-ring (bicyclic) bond motifs is 1. The van der Waals surface area contributed by atoms with Crippen molar-refractivity contribution >= 4 is 27.4 Å². The topological polar surface area (TPSA) is 73.0 Å². The molecule has 22 heavy (non-hydrogen) atoms. The molecule has 0 unspecified atom stereocenters. The van der Waals surface area contributed by atoms with Crippen molar-refractivity contribution in [1.29, 1.82) is 0 Å². The maximum Gasteiger partial charge on any atom is 0.324 e. The van der Waals surface area contributed by atoms with Crippen LogP contribution in [0.2, 0.25) is 0 Å². The second-order valence-corrected chi connectivity index (χ2v) is 5.90. The lowest BCUT2D eigenvalue weighted by Gasteiger charge is -2.05. The van der Waals surface area contributed by atoms with Crippen LogP contribution in [0.1, 0.15) is 12.0 Å². The first-order valence-electron chi connectivity index (χ1n) is 7.06. The predicted molar refractivity (Wildman–Crippen MR) is 87.0 cm³/mol. The van der Waals surface area contributed by atoms with Crippen molar-refractivity contribution in [1.82, 2.24) is 14.9 Å². The number of thiophene rings is 1. The quantitative estimate of drug-likeness (QED) is 0.413. The second kappa shape index (κ2) is 6.67. The minimum Gasteiger partial charge on any atom is -0.331 e. The monoisotopic (exact) mass is 316 g/mol. The van der Waals surface area contributed by atoms with Crippen LogP contribution in [-0.4, -0.2) is 21.0 Å². The van der Waals surface area contributed by atoms with E-state index in [0.29, 0.717) is 6.54 Å². The van der Waals surface area contributed by atoms with E-state index >= 15 is 0 Å². The number of nitro groups is 1. The lowest BCUT2D eigenvalue weighted by molar-refractivity contribution is -0.380. The van der Waals surface area contributed by atoms with E-state index in [-0.39, 0.29) is 9.92 Å². The van der Waals surface area contributed by atoms with Gasteiger partial charge in [0.25, 0.3) is 0 Å². The molecule has 3 rings (SSSR count). The van der Waals surface area contributed by atoms with Crippen LogP contribution in [0.3, 0.4) is 0 Å². The number of rotatable bonds is 7. The molecule has 2 heterocycles. The molecule has 1 aromatic carbocycles. The zero-order chi connectivity index (χ0) is 15.4. The van der Waals surface area contributed by atoms with E-state index in [1.165, 1.54) is 11.3 Å². The van der Waals surface area contributed by atoms with Crippen molar-refractivity contribution in [2.45, 2.75) is 19.5 Å². The molecular weight excluding hydrogens is 300 g/mol. The maximum atomic E-state index is 10.6. The lowest BCUT2D eigenvalue weighted by atomic mass is 10.3. The molecule has 0 atom stereocenters. The highest BCUT2D eigenvalue weighted by molar-refractivity contribution is 7.13. The summed E-state index contributed by atoms with van der Waals surface area (Å²) in [7, 11) is 0. The highest BCUT2D eigenvalue weighted by Crippen LogP contribution is 2.22. The van der Waals surface area contributed by atoms with Gasteiger partial charge in [0, 0.05) is 24.5 Å². The first-order valence-corrected chi connectivity index (χ1v) is 7.94. The molecule has 0 bridgehead atoms. The van der Waals surface area contributed by atoms with Gasteiger partial charge in [0.05, 0.1) is 22.3 Å². The highest BCUT2D eigenvalue weighted by Gasteiger charge is 2.08. The first-order chi connectivity index (χ1) is 10.7. The summed E-state index contributed by atoms with van der Waals surface area (Å²) < 4.78 is 2.15. The molecule has 0 radical (unpaired) electrons. The molecule has 0 amide bonds. The van der Waals surface area contributed by atoms with E-state index < -0.39 is 0 Å². The van der Waals surface area contributed by atoms with Crippen LogP contribution in [0.5, 0.6) is 0 Å². The molecule has 0 saturated heterocycles. The van der Waals surface area contributed by atoms with Crippen LogP contribution >= 0.6 is 11.3 Å². The molecule has 3 aromatic rings. The van der Waals surface area contributed by atoms with Crippen LogP contribution < -0.4 is 5.32 Å². The normalized spacial score (nSPS) is 11.1. The zero-order valence-electron chi connectivity index (χ0n) is 11.9. The van der Waals surface area contributed by atoms with Gasteiger partial charge in [0.2, 0.25) is 0 Å². The summed E-state index contributed by atoms with van der Waals surface area (Å²) in [6.07, 6.45) is 2.85. The third-order valence-corrected chi connectivity index (χ3v) is 4.36. The molecule has 6 nitrogen and oxygen atoms in total. The Kier molecular flexibility index (Phi) is 4.45. The van der Waals surface area contributed by atoms with E-state index in [1.54, 1.807) is 6.07 Å². The Balaban J connectivity index is 1.44. The van der Waals surface area contributed by atoms with Crippen molar-refractivity contribution in [3.05, 3.63) is 57.7 Å². The Hall–Kier alpha value is -2.25. The number of aryl methyl sites for hydroxylation is 1. The van der Waals surface area contributed by atoms with Gasteiger partial charge in [-0.25, -0.2) is 4.98 Å². The summed E-state index contributed by atoms with van der Waals surface area (Å²) in [6, 6.07) is 9.71. The number of hydrogen-bond donors (Lipinski definition) is 1. The van der Waals surface area contributed by atoms with Gasteiger partial charge in [0.1, 0.15) is 0 Å². The van der Waals surface area contributed by atoms with E-state index in [0.717, 1.165) is 36.1 Å². The first kappa shape index (κ1) is 14.7. The molecule has 0 aliphatic heterocycles. The SMILES string of the molecule is O=[N+]([O-])c1cc(CNCCCn2cnc3ccccc32)cs1. The maximum absolute atomic E-state index is 10.6. The largest absolute Gasteiger partial charge is 0.331 e. The Labute approximate surface area is 131 Å². The summed E-state index contributed by atoms with van der Waals surface area (Å²) >= 11 is 1.17. The van der Waals surface area contributed by atoms with E-state index in [4.69, 9.17) is 0 Å². The molecule has 0 saturated carbocycles. The Morgan fingerprint density at radius 1 is 1.36 bits per heavy atom. The van der Waals surface area contributed by atoms with Gasteiger partial charge < -0.3 is 9.88 Å². The fourth-order valence-electron chi connectivity index (χ4n) is 2.35. The second-order valence-electron chi connectivity index (χ2n) is 5.01. The van der Waals surface area contributed by atoms with Crippen molar-refractivity contribution in [2.75, 3.05) is 6.54 Å². The average Bonchev–Trinajstić information content (AvgIpc) is 3.14. The van der Waals surface area contributed by atoms with Crippen LogP contribution in [-0.2, 0) is 13.1 Å². The lowest BCUT2D eigenvalue weighted by Crippen LogP contribution is -2.16. The average molecular weight is 316 g/mol. The fraction of sp³-hybridized carbons (Fsp3) is 0.267. The molecule has 2 aromatic heterocycles. The summed E-state index contributed by atoms with van der Waals surface area (Å²) in [6.45, 7) is 2.42. The molecule has 1 N–H and O–H groups in total. The van der Waals surface area contributed by atoms with E-state index in [9.17, 15) is 10.1 Å². The number of aromatic nitrogens is 2. The smallest absolute Gasteiger partial charge is 0.324 e. The Bertz CT molecular complexity index is 781. The summed E-state index contributed by atoms with van der Waals surface area (Å²) in [5.74, 6) is 0. The van der Waals surface area contributed by atoms with Gasteiger partial charge in [-0.3, -0.25) is 10.1 Å². The highest BCUT2D eigenvalue weighted by atomic mass is 32.1. The fourth-order valence-corrected chi connectivity index (χ4v) is 3.08. The van der Waals surface area contributed by atoms with Crippen molar-refractivity contribution in [3.8, 4) is 0 Å². The van der Waals surface area contributed by atoms with Gasteiger partial charge in [0.15, 0.2) is 0 Å². The van der Waals surface area contributed by atoms with Gasteiger partial charge in [-0.05, 0) is 30.7 Å². The van der Waals surface area contributed by atoms with Gasteiger partial charge in [-0.2, -0.15) is 0 Å². The van der Waals surface area contributed by atoms with Gasteiger partial charge in [-0.15, -0.1) is 0 Å². The summed E-state index contributed by atoms with van der Waals surface area (Å²) in [5.41, 5.74) is 3.13. The molecule has 0 fully saturated rings. The minimum atomic E-state index is -0.349. The number of nitrogens with zero attached hydrogens (tertiary/aromatic N) is 3. The van der Waals surface area contributed by atoms with Crippen LogP contribution in [0.4, 0.5) is 5.00 Å². The third kappa shape index (κ3) is 3.32. The summed E-state index contributed by atoms with van der Waals surface area (Å²) in [4.78, 5) is 14.6. The summed E-state index contributed by atoms with van der Waals surface area (Å²) in [5, 5.41) is 16.0. The molecule has 0 spiro atoms. The Morgan fingerprint density at radius 3 is 3.05 bits per heavy atom. The molecule has 7 heteroatoms. The number of para-hydroxylation sites is 2. The van der Waals surface area contributed by atoms with Crippen LogP contribution in [0.25, 0.3) is 11.0 Å².